The number of benzene rings is 2. The normalized spacial score (nSPS) is 13.3. The molecule has 5 nitrogen and oxygen atoms in total. The Bertz CT molecular complexity index is 846. The molecule has 0 aromatic heterocycles. The first kappa shape index (κ1) is 15.8. The minimum atomic E-state index is -3.68. The molecule has 0 fully saturated rings. The number of anilines is 2. The first-order valence-corrected chi connectivity index (χ1v) is 9.10. The molecule has 3 rings (SSSR count). The van der Waals surface area contributed by atoms with Crippen LogP contribution in [-0.4, -0.2) is 14.2 Å². The molecule has 1 aliphatic rings. The van der Waals surface area contributed by atoms with E-state index < -0.39 is 10.1 Å². The van der Waals surface area contributed by atoms with Crippen molar-refractivity contribution in [2.24, 2.45) is 0 Å². The molecular formula is C17H19NO4S. The predicted octanol–water partition coefficient (Wildman–Crippen LogP) is 4.22. The van der Waals surface area contributed by atoms with Gasteiger partial charge in [-0.05, 0) is 43.5 Å². The average Bonchev–Trinajstić information content (AvgIpc) is 2.48. The van der Waals surface area contributed by atoms with Gasteiger partial charge in [-0.15, -0.1) is 4.28 Å². The summed E-state index contributed by atoms with van der Waals surface area (Å²) in [6.07, 6.45) is 0.494. The number of hydrogen-bond donors (Lipinski definition) is 0. The summed E-state index contributed by atoms with van der Waals surface area (Å²) in [6.45, 7) is 5.61. The highest BCUT2D eigenvalue weighted by molar-refractivity contribution is 7.86. The first-order valence-electron chi connectivity index (χ1n) is 7.52. The highest BCUT2D eigenvalue weighted by atomic mass is 32.2. The van der Waals surface area contributed by atoms with Crippen molar-refractivity contribution in [3.63, 3.8) is 0 Å². The minimum Gasteiger partial charge on any atom is -0.452 e. The fourth-order valence-corrected chi connectivity index (χ4v) is 3.57. The summed E-state index contributed by atoms with van der Waals surface area (Å²) in [4.78, 5) is 0. The first-order chi connectivity index (χ1) is 10.9. The van der Waals surface area contributed by atoms with Crippen LogP contribution in [-0.2, 0) is 14.4 Å². The van der Waals surface area contributed by atoms with Crippen LogP contribution >= 0.6 is 0 Å². The van der Waals surface area contributed by atoms with Gasteiger partial charge in [-0.1, -0.05) is 31.2 Å². The number of ether oxygens (including phenoxy) is 1. The van der Waals surface area contributed by atoms with Gasteiger partial charge in [0.2, 0.25) is 0 Å². The van der Waals surface area contributed by atoms with Crippen molar-refractivity contribution < 1.29 is 17.4 Å². The zero-order valence-electron chi connectivity index (χ0n) is 13.4. The van der Waals surface area contributed by atoms with Gasteiger partial charge in [0.15, 0.2) is 11.5 Å². The second-order valence-corrected chi connectivity index (χ2v) is 7.25. The van der Waals surface area contributed by atoms with Crippen LogP contribution < -0.4 is 9.80 Å². The summed E-state index contributed by atoms with van der Waals surface area (Å²) in [6, 6.07) is 11.1. The molecule has 1 aliphatic heterocycles. The lowest BCUT2D eigenvalue weighted by Crippen LogP contribution is -2.27. The maximum Gasteiger partial charge on any atom is 0.288 e. The molecule has 0 atom stereocenters. The lowest BCUT2D eigenvalue weighted by atomic mass is 10.1. The van der Waals surface area contributed by atoms with Crippen molar-refractivity contribution in [3.8, 4) is 11.5 Å². The number of hydrogen-bond acceptors (Lipinski definition) is 5. The summed E-state index contributed by atoms with van der Waals surface area (Å²) >= 11 is 0. The second kappa shape index (κ2) is 5.86. The number of aryl methyl sites for hydroxylation is 2. The Morgan fingerprint density at radius 1 is 1.09 bits per heavy atom. The van der Waals surface area contributed by atoms with Gasteiger partial charge in [-0.3, -0.25) is 0 Å². The van der Waals surface area contributed by atoms with E-state index in [1.807, 2.05) is 38.1 Å². The molecule has 122 valence electrons. The van der Waals surface area contributed by atoms with E-state index in [1.165, 1.54) is 5.06 Å². The van der Waals surface area contributed by atoms with Gasteiger partial charge in [0.05, 0.1) is 5.75 Å². The summed E-state index contributed by atoms with van der Waals surface area (Å²) in [5.41, 5.74) is 2.99. The van der Waals surface area contributed by atoms with Gasteiger partial charge >= 0.3 is 0 Å². The predicted molar refractivity (Wildman–Crippen MR) is 89.7 cm³/mol. The molecule has 0 saturated carbocycles. The van der Waals surface area contributed by atoms with E-state index in [0.29, 0.717) is 29.3 Å². The van der Waals surface area contributed by atoms with Crippen molar-refractivity contribution >= 4 is 21.5 Å². The van der Waals surface area contributed by atoms with E-state index in [9.17, 15) is 8.42 Å². The Labute approximate surface area is 136 Å². The third kappa shape index (κ3) is 2.92. The monoisotopic (exact) mass is 333 g/mol. The summed E-state index contributed by atoms with van der Waals surface area (Å²) in [7, 11) is -3.68. The molecule has 0 amide bonds. The van der Waals surface area contributed by atoms with Crippen LogP contribution in [0, 0.1) is 13.8 Å². The topological polar surface area (TPSA) is 55.8 Å². The molecule has 23 heavy (non-hydrogen) atoms. The van der Waals surface area contributed by atoms with Gasteiger partial charge in [-0.25, -0.2) is 0 Å². The molecule has 0 spiro atoms. The standard InChI is InChI=1S/C17H19NO4S/c1-4-11-23(19,20)22-18-14-9-5-8-13(3)17(14)21-15-10-6-7-12(2)16(15)18/h5-10H,4,11H2,1-3H3. The smallest absolute Gasteiger partial charge is 0.288 e. The number of nitrogens with zero attached hydrogens (tertiary/aromatic N) is 1. The SMILES string of the molecule is CCCS(=O)(=O)ON1c2cccc(C)c2Oc2cccc(C)c21. The van der Waals surface area contributed by atoms with Gasteiger partial charge in [0, 0.05) is 0 Å². The number of rotatable bonds is 4. The summed E-state index contributed by atoms with van der Waals surface area (Å²) < 4.78 is 35.8. The van der Waals surface area contributed by atoms with Crippen LogP contribution in [0.5, 0.6) is 11.5 Å². The van der Waals surface area contributed by atoms with Crippen molar-refractivity contribution in [2.75, 3.05) is 10.8 Å². The maximum atomic E-state index is 12.2. The Balaban J connectivity index is 2.16. The summed E-state index contributed by atoms with van der Waals surface area (Å²) in [5.74, 6) is 1.16. The molecule has 0 radical (unpaired) electrons. The molecule has 0 bridgehead atoms. The molecule has 1 heterocycles. The number of fused-ring (bicyclic) bond motifs is 2. The van der Waals surface area contributed by atoms with Crippen LogP contribution in [0.15, 0.2) is 36.4 Å². The zero-order valence-corrected chi connectivity index (χ0v) is 14.2. The van der Waals surface area contributed by atoms with Crippen molar-refractivity contribution in [1.29, 1.82) is 0 Å². The van der Waals surface area contributed by atoms with Crippen LogP contribution in [0.3, 0.4) is 0 Å². The lowest BCUT2D eigenvalue weighted by Gasteiger charge is -2.32. The fraction of sp³-hybridized carbons (Fsp3) is 0.294. The molecule has 2 aromatic carbocycles. The fourth-order valence-electron chi connectivity index (χ4n) is 2.61. The van der Waals surface area contributed by atoms with Crippen LogP contribution in [0.4, 0.5) is 11.4 Å². The molecule has 6 heteroatoms. The third-order valence-corrected chi connectivity index (χ3v) is 4.95. The van der Waals surface area contributed by atoms with Crippen LogP contribution in [0.2, 0.25) is 0 Å². The highest BCUT2D eigenvalue weighted by Crippen LogP contribution is 2.49. The molecule has 0 aliphatic carbocycles. The van der Waals surface area contributed by atoms with Gasteiger partial charge in [-0.2, -0.15) is 13.5 Å². The molecule has 0 unspecified atom stereocenters. The van der Waals surface area contributed by atoms with E-state index >= 15 is 0 Å². The van der Waals surface area contributed by atoms with E-state index in [2.05, 4.69) is 0 Å². The second-order valence-electron chi connectivity index (χ2n) is 5.58. The Hall–Kier alpha value is -2.05. The summed E-state index contributed by atoms with van der Waals surface area (Å²) in [5, 5.41) is 1.38. The molecule has 0 saturated heterocycles. The van der Waals surface area contributed by atoms with E-state index in [1.54, 1.807) is 19.1 Å². The van der Waals surface area contributed by atoms with Crippen molar-refractivity contribution in [2.45, 2.75) is 27.2 Å². The van der Waals surface area contributed by atoms with E-state index in [0.717, 1.165) is 11.1 Å². The molecule has 0 N–H and O–H groups in total. The van der Waals surface area contributed by atoms with Crippen LogP contribution in [0.1, 0.15) is 24.5 Å². The zero-order chi connectivity index (χ0) is 16.6. The Morgan fingerprint density at radius 2 is 1.78 bits per heavy atom. The van der Waals surface area contributed by atoms with Crippen LogP contribution in [0.25, 0.3) is 0 Å². The highest BCUT2D eigenvalue weighted by Gasteiger charge is 2.31. The lowest BCUT2D eigenvalue weighted by molar-refractivity contribution is 0.307. The Kier molecular flexibility index (Phi) is 4.04. The van der Waals surface area contributed by atoms with Gasteiger partial charge in [0.1, 0.15) is 11.4 Å². The minimum absolute atomic E-state index is 0.0350. The van der Waals surface area contributed by atoms with Crippen molar-refractivity contribution in [1.82, 2.24) is 0 Å². The van der Waals surface area contributed by atoms with E-state index in [4.69, 9.17) is 9.02 Å². The molecule has 2 aromatic rings. The largest absolute Gasteiger partial charge is 0.452 e. The van der Waals surface area contributed by atoms with Gasteiger partial charge < -0.3 is 4.74 Å². The molecular weight excluding hydrogens is 314 g/mol. The number of para-hydroxylation sites is 2. The van der Waals surface area contributed by atoms with Crippen molar-refractivity contribution in [3.05, 3.63) is 47.5 Å². The average molecular weight is 333 g/mol. The van der Waals surface area contributed by atoms with Gasteiger partial charge in [0.25, 0.3) is 10.1 Å². The quantitative estimate of drug-likeness (QED) is 0.838. The van der Waals surface area contributed by atoms with E-state index in [-0.39, 0.29) is 5.75 Å². The maximum absolute atomic E-state index is 12.2. The third-order valence-electron chi connectivity index (χ3n) is 3.67. The Morgan fingerprint density at radius 3 is 2.52 bits per heavy atom.